The number of hydrogen-bond donors (Lipinski definition) is 1. The van der Waals surface area contributed by atoms with Crippen LogP contribution in [0.25, 0.3) is 0 Å². The number of nitrogens with one attached hydrogen (secondary N) is 1. The minimum atomic E-state index is 0.311. The van der Waals surface area contributed by atoms with Crippen LogP contribution in [0.1, 0.15) is 45.6 Å². The molecule has 0 radical (unpaired) electrons. The smallest absolute Gasteiger partial charge is 0.0402 e. The highest BCUT2D eigenvalue weighted by molar-refractivity contribution is 5.55. The molecule has 1 aromatic rings. The molecule has 1 aromatic carbocycles. The number of aryl methyl sites for hydroxylation is 1. The summed E-state index contributed by atoms with van der Waals surface area (Å²) in [6, 6.07) is 9.58. The molecule has 20 heavy (non-hydrogen) atoms. The largest absolute Gasteiger partial charge is 0.365 e. The van der Waals surface area contributed by atoms with E-state index < -0.39 is 0 Å². The summed E-state index contributed by atoms with van der Waals surface area (Å²) in [6.07, 6.45) is 5.22. The van der Waals surface area contributed by atoms with E-state index in [9.17, 15) is 0 Å². The zero-order valence-electron chi connectivity index (χ0n) is 13.2. The number of para-hydroxylation sites is 1. The second-order valence-corrected chi connectivity index (χ2v) is 6.93. The topological polar surface area (TPSA) is 15.3 Å². The first-order valence-corrected chi connectivity index (χ1v) is 8.23. The van der Waals surface area contributed by atoms with Gasteiger partial charge in [-0.3, -0.25) is 0 Å². The number of benzene rings is 1. The van der Waals surface area contributed by atoms with Gasteiger partial charge in [-0.2, -0.15) is 0 Å². The van der Waals surface area contributed by atoms with Gasteiger partial charge in [-0.1, -0.05) is 31.5 Å². The highest BCUT2D eigenvalue weighted by Crippen LogP contribution is 2.42. The van der Waals surface area contributed by atoms with E-state index >= 15 is 0 Å². The maximum Gasteiger partial charge on any atom is 0.0402 e. The van der Waals surface area contributed by atoms with Crippen LogP contribution < -0.4 is 10.2 Å². The van der Waals surface area contributed by atoms with Gasteiger partial charge < -0.3 is 10.2 Å². The van der Waals surface area contributed by atoms with Gasteiger partial charge in [-0.25, -0.2) is 0 Å². The Hall–Kier alpha value is -1.02. The Labute approximate surface area is 123 Å². The first-order chi connectivity index (χ1) is 9.64. The van der Waals surface area contributed by atoms with Crippen LogP contribution in [0.2, 0.25) is 0 Å². The minimum Gasteiger partial charge on any atom is -0.365 e. The number of hydrogen-bond acceptors (Lipinski definition) is 2. The highest BCUT2D eigenvalue weighted by Gasteiger charge is 2.45. The Bertz CT molecular complexity index is 466. The van der Waals surface area contributed by atoms with Crippen LogP contribution in [0.4, 0.5) is 5.69 Å². The lowest BCUT2D eigenvalue weighted by molar-refractivity contribution is 0.260. The molecule has 2 unspecified atom stereocenters. The Morgan fingerprint density at radius 1 is 1.30 bits per heavy atom. The predicted octanol–water partition coefficient (Wildman–Crippen LogP) is 3.61. The Kier molecular flexibility index (Phi) is 3.76. The van der Waals surface area contributed by atoms with Crippen molar-refractivity contribution in [2.45, 2.75) is 58.0 Å². The summed E-state index contributed by atoms with van der Waals surface area (Å²) in [7, 11) is 0. The molecule has 2 fully saturated rings. The van der Waals surface area contributed by atoms with Crippen LogP contribution in [0, 0.1) is 5.92 Å². The van der Waals surface area contributed by atoms with Gasteiger partial charge in [-0.15, -0.1) is 0 Å². The first kappa shape index (κ1) is 13.9. The third kappa shape index (κ3) is 2.58. The summed E-state index contributed by atoms with van der Waals surface area (Å²) in [6.45, 7) is 9.30. The van der Waals surface area contributed by atoms with Crippen LogP contribution >= 0.6 is 0 Å². The van der Waals surface area contributed by atoms with Gasteiger partial charge in [-0.05, 0) is 50.7 Å². The van der Waals surface area contributed by atoms with Crippen molar-refractivity contribution in [1.29, 1.82) is 0 Å². The van der Waals surface area contributed by atoms with E-state index in [1.165, 1.54) is 36.9 Å². The van der Waals surface area contributed by atoms with E-state index in [1.807, 2.05) is 0 Å². The van der Waals surface area contributed by atoms with E-state index in [2.05, 4.69) is 55.3 Å². The second kappa shape index (κ2) is 5.40. The van der Waals surface area contributed by atoms with E-state index in [1.54, 1.807) is 0 Å². The summed E-state index contributed by atoms with van der Waals surface area (Å²) in [5, 5.41) is 3.82. The number of anilines is 1. The lowest BCUT2D eigenvalue weighted by Crippen LogP contribution is -2.63. The fourth-order valence-electron chi connectivity index (χ4n) is 3.64. The van der Waals surface area contributed by atoms with Crippen molar-refractivity contribution in [1.82, 2.24) is 5.32 Å². The average Bonchev–Trinajstić information content (AvgIpc) is 3.28. The highest BCUT2D eigenvalue weighted by atomic mass is 15.3. The molecule has 0 spiro atoms. The third-order valence-corrected chi connectivity index (χ3v) is 5.13. The molecule has 0 aromatic heterocycles. The predicted molar refractivity (Wildman–Crippen MR) is 86.4 cm³/mol. The maximum atomic E-state index is 3.82. The molecule has 3 rings (SSSR count). The number of rotatable bonds is 4. The van der Waals surface area contributed by atoms with Gasteiger partial charge in [0.25, 0.3) is 0 Å². The van der Waals surface area contributed by atoms with Crippen molar-refractivity contribution in [3.63, 3.8) is 0 Å². The fourth-order valence-corrected chi connectivity index (χ4v) is 3.64. The van der Waals surface area contributed by atoms with Crippen molar-refractivity contribution in [3.05, 3.63) is 29.8 Å². The molecule has 1 saturated carbocycles. The second-order valence-electron chi connectivity index (χ2n) is 6.93. The standard InChI is InChI=1S/C18H28N2/c1-4-7-15-8-5-6-9-17(15)20-13-18(3,16-10-11-16)19-12-14(20)2/h5-6,8-9,14,16,19H,4,7,10-13H2,1-3H3. The Balaban J connectivity index is 1.87. The first-order valence-electron chi connectivity index (χ1n) is 8.23. The summed E-state index contributed by atoms with van der Waals surface area (Å²) < 4.78 is 0. The monoisotopic (exact) mass is 272 g/mol. The van der Waals surface area contributed by atoms with Crippen LogP contribution in [0.3, 0.4) is 0 Å². The van der Waals surface area contributed by atoms with Crippen molar-refractivity contribution < 1.29 is 0 Å². The van der Waals surface area contributed by atoms with Crippen molar-refractivity contribution >= 4 is 5.69 Å². The normalized spacial score (nSPS) is 30.6. The SMILES string of the molecule is CCCc1ccccc1N1CC(C)(C2CC2)NCC1C. The molecule has 1 aliphatic carbocycles. The molecular weight excluding hydrogens is 244 g/mol. The zero-order chi connectivity index (χ0) is 14.2. The molecule has 1 aliphatic heterocycles. The maximum absolute atomic E-state index is 3.82. The lowest BCUT2D eigenvalue weighted by atomic mass is 9.90. The molecule has 0 bridgehead atoms. The number of nitrogens with zero attached hydrogens (tertiary/aromatic N) is 1. The van der Waals surface area contributed by atoms with E-state index in [0.29, 0.717) is 11.6 Å². The Morgan fingerprint density at radius 3 is 2.75 bits per heavy atom. The van der Waals surface area contributed by atoms with Gasteiger partial charge in [0.1, 0.15) is 0 Å². The van der Waals surface area contributed by atoms with E-state index in [-0.39, 0.29) is 0 Å². The lowest BCUT2D eigenvalue weighted by Gasteiger charge is -2.47. The molecule has 1 N–H and O–H groups in total. The van der Waals surface area contributed by atoms with E-state index in [4.69, 9.17) is 0 Å². The summed E-state index contributed by atoms with van der Waals surface area (Å²) in [5.74, 6) is 0.885. The van der Waals surface area contributed by atoms with Gasteiger partial charge in [0, 0.05) is 30.4 Å². The van der Waals surface area contributed by atoms with Crippen molar-refractivity contribution in [2.24, 2.45) is 5.92 Å². The number of piperazine rings is 1. The van der Waals surface area contributed by atoms with Gasteiger partial charge in [0.2, 0.25) is 0 Å². The van der Waals surface area contributed by atoms with Crippen LogP contribution in [-0.2, 0) is 6.42 Å². The van der Waals surface area contributed by atoms with Crippen LogP contribution in [0.5, 0.6) is 0 Å². The molecule has 2 atom stereocenters. The molecule has 110 valence electrons. The van der Waals surface area contributed by atoms with Gasteiger partial charge in [0.15, 0.2) is 0 Å². The zero-order valence-corrected chi connectivity index (χ0v) is 13.2. The summed E-state index contributed by atoms with van der Waals surface area (Å²) in [5.41, 5.74) is 3.29. The van der Waals surface area contributed by atoms with Crippen molar-refractivity contribution in [3.8, 4) is 0 Å². The molecular formula is C18H28N2. The quantitative estimate of drug-likeness (QED) is 0.901. The molecule has 1 heterocycles. The molecule has 2 nitrogen and oxygen atoms in total. The van der Waals surface area contributed by atoms with Crippen LogP contribution in [0.15, 0.2) is 24.3 Å². The molecule has 2 aliphatic rings. The molecule has 0 amide bonds. The fraction of sp³-hybridized carbons (Fsp3) is 0.667. The summed E-state index contributed by atoms with van der Waals surface area (Å²) >= 11 is 0. The summed E-state index contributed by atoms with van der Waals surface area (Å²) in [4.78, 5) is 2.65. The van der Waals surface area contributed by atoms with Crippen LogP contribution in [-0.4, -0.2) is 24.7 Å². The minimum absolute atomic E-state index is 0.311. The van der Waals surface area contributed by atoms with Crippen molar-refractivity contribution in [2.75, 3.05) is 18.0 Å². The van der Waals surface area contributed by atoms with Gasteiger partial charge >= 0.3 is 0 Å². The molecule has 2 heteroatoms. The van der Waals surface area contributed by atoms with Gasteiger partial charge in [0.05, 0.1) is 0 Å². The molecule has 1 saturated heterocycles. The third-order valence-electron chi connectivity index (χ3n) is 5.13. The van der Waals surface area contributed by atoms with E-state index in [0.717, 1.165) is 19.0 Å². The average molecular weight is 272 g/mol. The Morgan fingerprint density at radius 2 is 2.05 bits per heavy atom.